The van der Waals surface area contributed by atoms with Crippen LogP contribution in [0.5, 0.6) is 0 Å². The molecule has 1 heterocycles. The molecule has 0 fully saturated rings. The van der Waals surface area contributed by atoms with Gasteiger partial charge in [-0.25, -0.2) is 0 Å². The molecule has 1 aliphatic carbocycles. The van der Waals surface area contributed by atoms with E-state index in [-0.39, 0.29) is 24.8 Å². The third-order valence-corrected chi connectivity index (χ3v) is 6.61. The van der Waals surface area contributed by atoms with Crippen LogP contribution in [0.2, 0.25) is 0 Å². The first kappa shape index (κ1) is 19.3. The summed E-state index contributed by atoms with van der Waals surface area (Å²) in [6.45, 7) is 9.14. The second kappa shape index (κ2) is 7.67. The Kier molecular flexibility index (Phi) is 6.71. The first-order valence-corrected chi connectivity index (χ1v) is 8.27. The molecule has 1 atom stereocenters. The van der Waals surface area contributed by atoms with Gasteiger partial charge in [0.2, 0.25) is 0 Å². The number of hydrogen-bond acceptors (Lipinski definition) is 1. The second-order valence-corrected chi connectivity index (χ2v) is 7.14. The molecule has 0 amide bonds. The van der Waals surface area contributed by atoms with Crippen LogP contribution in [0.15, 0.2) is 57.7 Å². The summed E-state index contributed by atoms with van der Waals surface area (Å²) in [6.07, 6.45) is 1.90. The maximum absolute atomic E-state index is 4.59. The van der Waals surface area contributed by atoms with Crippen molar-refractivity contribution in [1.29, 1.82) is 0 Å². The van der Waals surface area contributed by atoms with Crippen LogP contribution >= 0.6 is 24.8 Å². The molecule has 0 N–H and O–H groups in total. The molecule has 4 heteroatoms. The molecule has 0 aliphatic heterocycles. The van der Waals surface area contributed by atoms with Crippen LogP contribution in [0.3, 0.4) is 0 Å². The zero-order valence-electron chi connectivity index (χ0n) is 13.2. The van der Waals surface area contributed by atoms with E-state index in [1.54, 1.807) is 4.44 Å². The zero-order chi connectivity index (χ0) is 14.3. The van der Waals surface area contributed by atoms with Gasteiger partial charge in [-0.1, -0.05) is 0 Å². The predicted octanol–water partition coefficient (Wildman–Crippen LogP) is 5.05. The fourth-order valence-electron chi connectivity index (χ4n) is 2.77. The second-order valence-electron chi connectivity index (χ2n) is 5.45. The average Bonchev–Trinajstić information content (AvgIpc) is 2.65. The Labute approximate surface area is 151 Å². The Morgan fingerprint density at radius 1 is 0.955 bits per heavy atom. The van der Waals surface area contributed by atoms with E-state index in [4.69, 9.17) is 0 Å². The molecule has 0 bridgehead atoms. The van der Waals surface area contributed by atoms with Gasteiger partial charge in [0.15, 0.2) is 0 Å². The maximum atomic E-state index is 4.59. The molecule has 1 aromatic heterocycles. The number of hydrogen-bond donors (Lipinski definition) is 0. The fraction of sp³-hybridized carbons (Fsp3) is 0.278. The monoisotopic (exact) mass is 373 g/mol. The molecular weight excluding hydrogens is 353 g/mol. The number of rotatable bonds is 2. The average molecular weight is 374 g/mol. The predicted molar refractivity (Wildman–Crippen MR) is 96.1 cm³/mol. The number of benzene rings is 1. The number of fused-ring (bicyclic) bond motifs is 1. The van der Waals surface area contributed by atoms with Gasteiger partial charge in [-0.2, -0.15) is 0 Å². The molecule has 0 radical (unpaired) electrons. The third kappa shape index (κ3) is 3.26. The minimum Gasteiger partial charge on any atom is -0.147 e. The van der Waals surface area contributed by atoms with Crippen molar-refractivity contribution in [2.75, 3.05) is 0 Å². The van der Waals surface area contributed by atoms with Crippen molar-refractivity contribution in [1.82, 2.24) is 4.98 Å². The summed E-state index contributed by atoms with van der Waals surface area (Å²) in [5, 5.41) is 1.25. The van der Waals surface area contributed by atoms with Crippen molar-refractivity contribution in [2.24, 2.45) is 5.92 Å². The summed E-state index contributed by atoms with van der Waals surface area (Å²) in [6, 6.07) is 10.7. The summed E-state index contributed by atoms with van der Waals surface area (Å²) in [7, 11) is 0. The minimum absolute atomic E-state index is 0. The van der Waals surface area contributed by atoms with E-state index in [0.717, 1.165) is 0 Å². The van der Waals surface area contributed by atoms with Gasteiger partial charge < -0.3 is 0 Å². The van der Waals surface area contributed by atoms with Crippen LogP contribution in [0.25, 0.3) is 10.9 Å². The van der Waals surface area contributed by atoms with Crippen molar-refractivity contribution < 1.29 is 15.2 Å². The van der Waals surface area contributed by atoms with Crippen molar-refractivity contribution in [3.8, 4) is 0 Å². The Bertz CT molecular complexity index is 744. The van der Waals surface area contributed by atoms with Gasteiger partial charge in [0.05, 0.1) is 0 Å². The minimum atomic E-state index is 0. The number of allylic oxidation sites excluding steroid dienone is 4. The van der Waals surface area contributed by atoms with Gasteiger partial charge in [0, 0.05) is 0 Å². The Hall–Kier alpha value is -0.778. The first-order chi connectivity index (χ1) is 9.59. The molecule has 1 unspecified atom stereocenters. The number of halogens is 2. The van der Waals surface area contributed by atoms with Gasteiger partial charge in [-0.15, -0.1) is 24.8 Å². The van der Waals surface area contributed by atoms with Crippen LogP contribution in [0.1, 0.15) is 27.7 Å². The summed E-state index contributed by atoms with van der Waals surface area (Å²) >= 11 is 0.358. The molecule has 1 nitrogen and oxygen atoms in total. The van der Waals surface area contributed by atoms with E-state index < -0.39 is 0 Å². The zero-order valence-corrected chi connectivity index (χ0v) is 16.1. The van der Waals surface area contributed by atoms with Crippen molar-refractivity contribution >= 4 is 40.1 Å². The van der Waals surface area contributed by atoms with E-state index in [9.17, 15) is 0 Å². The number of nitrogens with zero attached hydrogens (tertiary/aromatic N) is 1. The summed E-state index contributed by atoms with van der Waals surface area (Å²) in [5.41, 5.74) is 5.70. The standard InChI is InChI=1S/C9H6N.C9H13.2ClH.Cr/c1-2-6-9-8(4-1)5-3-7-10-9;1-6-5-7(2)9(4)8(6)3;;;/h1-5,7H;6H,1-4H3;2*1H;. The van der Waals surface area contributed by atoms with Crippen LogP contribution in [-0.4, -0.2) is 4.98 Å². The maximum Gasteiger partial charge on any atom is -0.147 e. The van der Waals surface area contributed by atoms with E-state index in [2.05, 4.69) is 56.9 Å². The van der Waals surface area contributed by atoms with Crippen LogP contribution in [-0.2, 0) is 15.2 Å². The summed E-state index contributed by atoms with van der Waals surface area (Å²) in [5.74, 6) is 0.592. The first-order valence-electron chi connectivity index (χ1n) is 6.99. The fourth-order valence-corrected chi connectivity index (χ4v) is 4.82. The summed E-state index contributed by atoms with van der Waals surface area (Å²) < 4.78 is 3.02. The smallest absolute Gasteiger partial charge is 0.147 e. The molecule has 1 aromatic carbocycles. The van der Waals surface area contributed by atoms with E-state index >= 15 is 0 Å². The van der Waals surface area contributed by atoms with Crippen LogP contribution in [0, 0.1) is 5.92 Å². The molecule has 0 spiro atoms. The van der Waals surface area contributed by atoms with E-state index in [0.29, 0.717) is 21.1 Å². The SMILES string of the molecule is CC1=C(C)C(C)[C]([Cr][c]2cccc3cccnc23)=C1C.Cl.Cl. The number of pyridine rings is 1. The van der Waals surface area contributed by atoms with Gasteiger partial charge >= 0.3 is 127 Å². The van der Waals surface area contributed by atoms with Gasteiger partial charge in [0.1, 0.15) is 0 Å². The van der Waals surface area contributed by atoms with Gasteiger partial charge in [0.25, 0.3) is 0 Å². The quantitative estimate of drug-likeness (QED) is 0.717. The van der Waals surface area contributed by atoms with Crippen LogP contribution in [0.4, 0.5) is 0 Å². The van der Waals surface area contributed by atoms with Crippen molar-refractivity contribution in [2.45, 2.75) is 27.7 Å². The molecule has 1 aliphatic rings. The Morgan fingerprint density at radius 3 is 2.27 bits per heavy atom. The summed E-state index contributed by atoms with van der Waals surface area (Å²) in [4.78, 5) is 4.59. The third-order valence-electron chi connectivity index (χ3n) is 4.38. The van der Waals surface area contributed by atoms with E-state index in [1.165, 1.54) is 32.0 Å². The Morgan fingerprint density at radius 2 is 1.64 bits per heavy atom. The Balaban J connectivity index is 0.00000121. The molecule has 118 valence electrons. The topological polar surface area (TPSA) is 12.9 Å². The van der Waals surface area contributed by atoms with Crippen LogP contribution < -0.4 is 4.43 Å². The van der Waals surface area contributed by atoms with Gasteiger partial charge in [-0.3, -0.25) is 0 Å². The van der Waals surface area contributed by atoms with Crippen molar-refractivity contribution in [3.63, 3.8) is 0 Å². The van der Waals surface area contributed by atoms with Gasteiger partial charge in [-0.05, 0) is 0 Å². The normalized spacial score (nSPS) is 17.5. The molecule has 3 rings (SSSR count). The number of aromatic nitrogens is 1. The molecule has 22 heavy (non-hydrogen) atoms. The van der Waals surface area contributed by atoms with Crippen molar-refractivity contribution in [3.05, 3.63) is 57.7 Å². The molecule has 2 aromatic rings. The molecule has 0 saturated heterocycles. The number of para-hydroxylation sites is 1. The van der Waals surface area contributed by atoms with E-state index in [1.807, 2.05) is 12.3 Å². The molecular formula is C18H21Cl2CrN. The molecule has 0 saturated carbocycles. The largest absolute Gasteiger partial charge is 0.147 e.